The molecule has 0 unspecified atom stereocenters. The number of halogens is 1. The minimum atomic E-state index is -0.131. The third-order valence-electron chi connectivity index (χ3n) is 4.67. The molecule has 4 nitrogen and oxygen atoms in total. The number of hydrogen-bond acceptors (Lipinski definition) is 3. The summed E-state index contributed by atoms with van der Waals surface area (Å²) in [5.74, 6) is 0.0505. The Morgan fingerprint density at radius 3 is 2.48 bits per heavy atom. The van der Waals surface area contributed by atoms with Gasteiger partial charge in [0.05, 0.1) is 6.04 Å². The monoisotopic (exact) mass is 357 g/mol. The highest BCUT2D eigenvalue weighted by molar-refractivity contribution is 6.30. The van der Waals surface area contributed by atoms with Crippen molar-refractivity contribution < 1.29 is 4.79 Å². The molecule has 0 bridgehead atoms. The molecule has 1 aliphatic rings. The average molecular weight is 358 g/mol. The molecule has 0 aromatic heterocycles. The van der Waals surface area contributed by atoms with Crippen molar-refractivity contribution in [1.29, 1.82) is 0 Å². The van der Waals surface area contributed by atoms with Crippen molar-refractivity contribution in [3.63, 3.8) is 0 Å². The maximum absolute atomic E-state index is 12.4. The van der Waals surface area contributed by atoms with Crippen LogP contribution in [0.25, 0.3) is 0 Å². The highest BCUT2D eigenvalue weighted by Gasteiger charge is 2.25. The number of nitrogens with one attached hydrogen (secondary N) is 1. The van der Waals surface area contributed by atoms with Crippen LogP contribution in [-0.2, 0) is 11.3 Å². The minimum Gasteiger partial charge on any atom is -0.325 e. The van der Waals surface area contributed by atoms with Gasteiger partial charge in [-0.3, -0.25) is 14.6 Å². The molecule has 0 spiro atoms. The van der Waals surface area contributed by atoms with Crippen molar-refractivity contribution in [2.24, 2.45) is 0 Å². The first-order valence-corrected chi connectivity index (χ1v) is 9.06. The molecule has 1 aliphatic heterocycles. The first-order valence-electron chi connectivity index (χ1n) is 8.68. The van der Waals surface area contributed by atoms with E-state index in [1.165, 1.54) is 5.56 Å². The van der Waals surface area contributed by atoms with E-state index >= 15 is 0 Å². The van der Waals surface area contributed by atoms with Crippen LogP contribution in [0, 0.1) is 0 Å². The molecule has 1 heterocycles. The van der Waals surface area contributed by atoms with Gasteiger partial charge in [-0.25, -0.2) is 0 Å². The molecule has 2 aromatic rings. The summed E-state index contributed by atoms with van der Waals surface area (Å²) in [5.41, 5.74) is 2.08. The van der Waals surface area contributed by atoms with Crippen LogP contribution in [0.3, 0.4) is 0 Å². The van der Waals surface area contributed by atoms with Gasteiger partial charge >= 0.3 is 0 Å². The number of nitrogens with zero attached hydrogens (tertiary/aromatic N) is 2. The first-order chi connectivity index (χ1) is 12.1. The predicted molar refractivity (Wildman–Crippen MR) is 103 cm³/mol. The Kier molecular flexibility index (Phi) is 6.08. The normalized spacial score (nSPS) is 17.2. The number of para-hydroxylation sites is 1. The van der Waals surface area contributed by atoms with Crippen molar-refractivity contribution in [2.45, 2.75) is 19.5 Å². The van der Waals surface area contributed by atoms with Crippen molar-refractivity contribution in [1.82, 2.24) is 9.80 Å². The van der Waals surface area contributed by atoms with Gasteiger partial charge in [0.25, 0.3) is 0 Å². The Hall–Kier alpha value is -1.88. The van der Waals surface area contributed by atoms with Gasteiger partial charge in [-0.05, 0) is 36.8 Å². The maximum atomic E-state index is 12.4. The van der Waals surface area contributed by atoms with Crippen molar-refractivity contribution in [3.8, 4) is 0 Å². The topological polar surface area (TPSA) is 35.6 Å². The van der Waals surface area contributed by atoms with E-state index < -0.39 is 0 Å². The van der Waals surface area contributed by atoms with E-state index in [9.17, 15) is 4.79 Å². The zero-order valence-electron chi connectivity index (χ0n) is 14.5. The number of benzene rings is 2. The Bertz CT molecular complexity index is 699. The number of carbonyl (C=O) groups is 1. The molecule has 5 heteroatoms. The SMILES string of the molecule is C[C@@H](C(=O)Nc1ccccc1)N1CCN(Cc2cccc(Cl)c2)CC1. The number of carbonyl (C=O) groups excluding carboxylic acids is 1. The fourth-order valence-electron chi connectivity index (χ4n) is 3.14. The van der Waals surface area contributed by atoms with Crippen LogP contribution in [0.1, 0.15) is 12.5 Å². The summed E-state index contributed by atoms with van der Waals surface area (Å²) >= 11 is 6.06. The fourth-order valence-corrected chi connectivity index (χ4v) is 3.35. The lowest BCUT2D eigenvalue weighted by Gasteiger charge is -2.37. The van der Waals surface area contributed by atoms with Gasteiger partial charge in [0.15, 0.2) is 0 Å². The molecule has 1 N–H and O–H groups in total. The summed E-state index contributed by atoms with van der Waals surface area (Å²) in [6, 6.07) is 17.5. The van der Waals surface area contributed by atoms with Gasteiger partial charge in [-0.15, -0.1) is 0 Å². The third-order valence-corrected chi connectivity index (χ3v) is 4.91. The fraction of sp³-hybridized carbons (Fsp3) is 0.350. The van der Waals surface area contributed by atoms with Gasteiger partial charge in [-0.2, -0.15) is 0 Å². The van der Waals surface area contributed by atoms with E-state index in [2.05, 4.69) is 21.2 Å². The predicted octanol–water partition coefficient (Wildman–Crippen LogP) is 3.48. The lowest BCUT2D eigenvalue weighted by Crippen LogP contribution is -2.52. The molecule has 2 aromatic carbocycles. The van der Waals surface area contributed by atoms with E-state index in [0.29, 0.717) is 0 Å². The molecule has 132 valence electrons. The Morgan fingerprint density at radius 2 is 1.80 bits per heavy atom. The molecule has 3 rings (SSSR count). The Morgan fingerprint density at radius 1 is 1.08 bits per heavy atom. The molecule has 1 fully saturated rings. The van der Waals surface area contributed by atoms with Crippen molar-refractivity contribution in [3.05, 3.63) is 65.2 Å². The second kappa shape index (κ2) is 8.48. The smallest absolute Gasteiger partial charge is 0.241 e. The van der Waals surface area contributed by atoms with Crippen molar-refractivity contribution in [2.75, 3.05) is 31.5 Å². The van der Waals surface area contributed by atoms with Gasteiger partial charge < -0.3 is 5.32 Å². The molecule has 0 radical (unpaired) electrons. The highest BCUT2D eigenvalue weighted by atomic mass is 35.5. The van der Waals surface area contributed by atoms with Crippen LogP contribution in [0.4, 0.5) is 5.69 Å². The molecule has 0 aliphatic carbocycles. The minimum absolute atomic E-state index is 0.0505. The summed E-state index contributed by atoms with van der Waals surface area (Å²) < 4.78 is 0. The summed E-state index contributed by atoms with van der Waals surface area (Å²) in [7, 11) is 0. The molecule has 0 saturated carbocycles. The molecular weight excluding hydrogens is 334 g/mol. The van der Waals surface area contributed by atoms with Crippen LogP contribution >= 0.6 is 11.6 Å². The van der Waals surface area contributed by atoms with Gasteiger partial charge in [0.2, 0.25) is 5.91 Å². The molecule has 1 atom stereocenters. The largest absolute Gasteiger partial charge is 0.325 e. The van der Waals surface area contributed by atoms with Gasteiger partial charge in [-0.1, -0.05) is 41.9 Å². The van der Waals surface area contributed by atoms with Crippen LogP contribution < -0.4 is 5.32 Å². The van der Waals surface area contributed by atoms with Gasteiger partial charge in [0.1, 0.15) is 0 Å². The number of anilines is 1. The average Bonchev–Trinajstić information content (AvgIpc) is 2.62. The van der Waals surface area contributed by atoms with E-state index in [4.69, 9.17) is 11.6 Å². The van der Waals surface area contributed by atoms with E-state index in [-0.39, 0.29) is 11.9 Å². The van der Waals surface area contributed by atoms with E-state index in [1.54, 1.807) is 0 Å². The summed E-state index contributed by atoms with van der Waals surface area (Å²) in [5, 5.41) is 3.77. The standard InChI is InChI=1S/C20H24ClN3O/c1-16(20(25)22-19-8-3-2-4-9-19)24-12-10-23(11-13-24)15-17-6-5-7-18(21)14-17/h2-9,14,16H,10-13,15H2,1H3,(H,22,25)/t16-/m0/s1. The summed E-state index contributed by atoms with van der Waals surface area (Å²) in [6.07, 6.45) is 0. The van der Waals surface area contributed by atoms with Crippen LogP contribution in [0.5, 0.6) is 0 Å². The number of amides is 1. The van der Waals surface area contributed by atoms with Gasteiger partial charge in [0, 0.05) is 43.4 Å². The number of hydrogen-bond donors (Lipinski definition) is 1. The quantitative estimate of drug-likeness (QED) is 0.889. The summed E-state index contributed by atoms with van der Waals surface area (Å²) in [4.78, 5) is 17.1. The maximum Gasteiger partial charge on any atom is 0.241 e. The van der Waals surface area contributed by atoms with E-state index in [1.807, 2.05) is 55.5 Å². The zero-order chi connectivity index (χ0) is 17.6. The van der Waals surface area contributed by atoms with Crippen LogP contribution in [0.15, 0.2) is 54.6 Å². The molecular formula is C20H24ClN3O. The Labute approximate surface area is 154 Å². The third kappa shape index (κ3) is 5.05. The summed E-state index contributed by atoms with van der Waals surface area (Å²) in [6.45, 7) is 6.57. The second-order valence-electron chi connectivity index (χ2n) is 6.47. The lowest BCUT2D eigenvalue weighted by molar-refractivity contribution is -0.121. The second-order valence-corrected chi connectivity index (χ2v) is 6.91. The highest BCUT2D eigenvalue weighted by Crippen LogP contribution is 2.15. The molecule has 1 saturated heterocycles. The molecule has 1 amide bonds. The van der Waals surface area contributed by atoms with Crippen LogP contribution in [0.2, 0.25) is 5.02 Å². The lowest BCUT2D eigenvalue weighted by atomic mass is 10.1. The van der Waals surface area contributed by atoms with E-state index in [0.717, 1.165) is 43.4 Å². The zero-order valence-corrected chi connectivity index (χ0v) is 15.2. The number of rotatable bonds is 5. The van der Waals surface area contributed by atoms with Crippen LogP contribution in [-0.4, -0.2) is 47.9 Å². The molecule has 25 heavy (non-hydrogen) atoms. The first kappa shape index (κ1) is 17.9. The Balaban J connectivity index is 1.48. The van der Waals surface area contributed by atoms with Crippen molar-refractivity contribution >= 4 is 23.2 Å². The number of piperazine rings is 1.